The first-order chi connectivity index (χ1) is 7.69. The minimum absolute atomic E-state index is 0.162. The highest BCUT2D eigenvalue weighted by molar-refractivity contribution is 5.72. The Labute approximate surface area is 100.0 Å². The van der Waals surface area contributed by atoms with Crippen molar-refractivity contribution >= 4 is 12.1 Å². The first-order valence-electron chi connectivity index (χ1n) is 5.59. The highest BCUT2D eigenvalue weighted by Crippen LogP contribution is 2.26. The molecular weight excluding hydrogens is 226 g/mol. The minimum Gasteiger partial charge on any atom is -0.481 e. The minimum atomic E-state index is -0.947. The maximum Gasteiger partial charge on any atom is 0.407 e. The summed E-state index contributed by atoms with van der Waals surface area (Å²) in [4.78, 5) is 22.2. The normalized spacial score (nSPS) is 28.8. The van der Waals surface area contributed by atoms with E-state index < -0.39 is 35.7 Å². The predicted molar refractivity (Wildman–Crippen MR) is 59.5 cm³/mol. The lowest BCUT2D eigenvalue weighted by Gasteiger charge is -2.22. The van der Waals surface area contributed by atoms with Crippen LogP contribution in [-0.4, -0.2) is 40.0 Å². The van der Waals surface area contributed by atoms with E-state index in [2.05, 4.69) is 5.32 Å². The highest BCUT2D eigenvalue weighted by Gasteiger charge is 2.38. The van der Waals surface area contributed by atoms with Crippen LogP contribution in [0.1, 0.15) is 33.6 Å². The van der Waals surface area contributed by atoms with E-state index in [9.17, 15) is 14.7 Å². The summed E-state index contributed by atoms with van der Waals surface area (Å²) in [7, 11) is 0. The molecule has 0 aliphatic heterocycles. The lowest BCUT2D eigenvalue weighted by atomic mass is 10.1. The number of carboxylic acid groups (broad SMARTS) is 1. The Morgan fingerprint density at radius 2 is 1.88 bits per heavy atom. The molecule has 0 bridgehead atoms. The number of hydrogen-bond donors (Lipinski definition) is 3. The molecule has 1 aliphatic rings. The van der Waals surface area contributed by atoms with Gasteiger partial charge in [0.1, 0.15) is 5.60 Å². The Balaban J connectivity index is 2.47. The number of amides is 1. The molecule has 0 spiro atoms. The number of aliphatic hydroxyl groups excluding tert-OH is 1. The van der Waals surface area contributed by atoms with Crippen LogP contribution >= 0.6 is 0 Å². The number of carbonyl (C=O) groups is 2. The van der Waals surface area contributed by atoms with Crippen LogP contribution in [-0.2, 0) is 9.53 Å². The van der Waals surface area contributed by atoms with Crippen LogP contribution in [0, 0.1) is 5.92 Å². The molecule has 1 rings (SSSR count). The van der Waals surface area contributed by atoms with Crippen LogP contribution in [0.2, 0.25) is 0 Å². The zero-order chi connectivity index (χ0) is 13.2. The smallest absolute Gasteiger partial charge is 0.407 e. The van der Waals surface area contributed by atoms with Crippen LogP contribution < -0.4 is 5.32 Å². The number of alkyl carbamates (subject to hydrolysis) is 1. The summed E-state index contributed by atoms with van der Waals surface area (Å²) in [5.74, 6) is -1.55. The fourth-order valence-electron chi connectivity index (χ4n) is 1.83. The molecular formula is C11H19NO5. The Morgan fingerprint density at radius 1 is 1.29 bits per heavy atom. The van der Waals surface area contributed by atoms with Crippen LogP contribution in [0.3, 0.4) is 0 Å². The molecule has 1 fully saturated rings. The molecule has 3 N–H and O–H groups in total. The molecule has 0 aromatic rings. The Morgan fingerprint density at radius 3 is 2.29 bits per heavy atom. The van der Waals surface area contributed by atoms with Crippen molar-refractivity contribution in [2.45, 2.75) is 51.4 Å². The summed E-state index contributed by atoms with van der Waals surface area (Å²) in [6.07, 6.45) is -1.07. The molecule has 0 heterocycles. The van der Waals surface area contributed by atoms with Crippen LogP contribution in [0.5, 0.6) is 0 Å². The molecule has 0 aromatic carbocycles. The molecule has 1 aliphatic carbocycles. The number of aliphatic carboxylic acids is 1. The standard InChI is InChI=1S/C11H19NO5/c1-11(2,3)17-10(16)12-7-4-6(9(14)15)5-8(7)13/h6-8,13H,4-5H2,1-3H3,(H,12,16)(H,14,15)/t6-,7+,8-/m0/s1. The molecule has 6 nitrogen and oxygen atoms in total. The molecule has 3 atom stereocenters. The molecule has 0 unspecified atom stereocenters. The van der Waals surface area contributed by atoms with Gasteiger partial charge >= 0.3 is 12.1 Å². The van der Waals surface area contributed by atoms with Crippen LogP contribution in [0.4, 0.5) is 4.79 Å². The first kappa shape index (κ1) is 13.8. The van der Waals surface area contributed by atoms with Crippen LogP contribution in [0.25, 0.3) is 0 Å². The number of carbonyl (C=O) groups excluding carboxylic acids is 1. The van der Waals surface area contributed by atoms with Gasteiger partial charge in [0.2, 0.25) is 0 Å². The van der Waals surface area contributed by atoms with Gasteiger partial charge in [-0.3, -0.25) is 4.79 Å². The van der Waals surface area contributed by atoms with Crippen molar-refractivity contribution in [1.82, 2.24) is 5.32 Å². The van der Waals surface area contributed by atoms with Gasteiger partial charge in [0.05, 0.1) is 18.1 Å². The van der Waals surface area contributed by atoms with Gasteiger partial charge in [-0.1, -0.05) is 0 Å². The summed E-state index contributed by atoms with van der Waals surface area (Å²) in [6.45, 7) is 5.20. The van der Waals surface area contributed by atoms with Gasteiger partial charge in [0.15, 0.2) is 0 Å². The third-order valence-corrected chi connectivity index (χ3v) is 2.58. The fourth-order valence-corrected chi connectivity index (χ4v) is 1.83. The van der Waals surface area contributed by atoms with Gasteiger partial charge < -0.3 is 20.3 Å². The molecule has 1 saturated carbocycles. The van der Waals surface area contributed by atoms with E-state index in [-0.39, 0.29) is 12.8 Å². The maximum atomic E-state index is 11.4. The molecule has 6 heteroatoms. The average molecular weight is 245 g/mol. The third kappa shape index (κ3) is 4.22. The van der Waals surface area contributed by atoms with E-state index in [1.807, 2.05) is 0 Å². The summed E-state index contributed by atoms with van der Waals surface area (Å²) in [5.41, 5.74) is -0.611. The number of nitrogens with one attached hydrogen (secondary N) is 1. The Bertz CT molecular complexity index is 309. The fraction of sp³-hybridized carbons (Fsp3) is 0.818. The Hall–Kier alpha value is -1.30. The number of rotatable bonds is 2. The zero-order valence-corrected chi connectivity index (χ0v) is 10.3. The predicted octanol–water partition coefficient (Wildman–Crippen LogP) is 0.735. The van der Waals surface area contributed by atoms with Crippen molar-refractivity contribution in [1.29, 1.82) is 0 Å². The summed E-state index contributed by atoms with van der Waals surface area (Å²) in [6, 6.07) is -0.550. The topological polar surface area (TPSA) is 95.9 Å². The Kier molecular flexibility index (Phi) is 3.98. The zero-order valence-electron chi connectivity index (χ0n) is 10.3. The number of ether oxygens (including phenoxy) is 1. The second kappa shape index (κ2) is 4.91. The van der Waals surface area contributed by atoms with Gasteiger partial charge in [-0.25, -0.2) is 4.79 Å². The largest absolute Gasteiger partial charge is 0.481 e. The summed E-state index contributed by atoms with van der Waals surface area (Å²) in [5, 5.41) is 20.9. The average Bonchev–Trinajstić information content (AvgIpc) is 2.44. The van der Waals surface area contributed by atoms with Crippen molar-refractivity contribution in [3.8, 4) is 0 Å². The second-order valence-corrected chi connectivity index (χ2v) is 5.33. The number of hydrogen-bond acceptors (Lipinski definition) is 4. The second-order valence-electron chi connectivity index (χ2n) is 5.33. The molecule has 0 saturated heterocycles. The quantitative estimate of drug-likeness (QED) is 0.666. The van der Waals surface area contributed by atoms with Crippen molar-refractivity contribution in [3.63, 3.8) is 0 Å². The van der Waals surface area contributed by atoms with E-state index in [1.165, 1.54) is 0 Å². The lowest BCUT2D eigenvalue weighted by molar-refractivity contribution is -0.141. The van der Waals surface area contributed by atoms with Gasteiger partial charge in [0, 0.05) is 0 Å². The van der Waals surface area contributed by atoms with Crippen LogP contribution in [0.15, 0.2) is 0 Å². The van der Waals surface area contributed by atoms with Crippen molar-refractivity contribution < 1.29 is 24.5 Å². The first-order valence-corrected chi connectivity index (χ1v) is 5.59. The SMILES string of the molecule is CC(C)(C)OC(=O)N[C@@H]1C[C@H](C(=O)O)C[C@@H]1O. The number of carboxylic acids is 1. The molecule has 17 heavy (non-hydrogen) atoms. The maximum absolute atomic E-state index is 11.4. The third-order valence-electron chi connectivity index (χ3n) is 2.58. The monoisotopic (exact) mass is 245 g/mol. The van der Waals surface area contributed by atoms with Crippen molar-refractivity contribution in [2.75, 3.05) is 0 Å². The van der Waals surface area contributed by atoms with Crippen molar-refractivity contribution in [2.24, 2.45) is 5.92 Å². The summed E-state index contributed by atoms with van der Waals surface area (Å²) < 4.78 is 5.04. The highest BCUT2D eigenvalue weighted by atomic mass is 16.6. The number of aliphatic hydroxyl groups is 1. The summed E-state index contributed by atoms with van der Waals surface area (Å²) >= 11 is 0. The van der Waals surface area contributed by atoms with E-state index in [4.69, 9.17) is 9.84 Å². The van der Waals surface area contributed by atoms with Gasteiger partial charge in [-0.05, 0) is 33.6 Å². The molecule has 1 amide bonds. The lowest BCUT2D eigenvalue weighted by Crippen LogP contribution is -2.42. The van der Waals surface area contributed by atoms with E-state index in [0.717, 1.165) is 0 Å². The van der Waals surface area contributed by atoms with E-state index in [1.54, 1.807) is 20.8 Å². The van der Waals surface area contributed by atoms with Crippen molar-refractivity contribution in [3.05, 3.63) is 0 Å². The van der Waals surface area contributed by atoms with Gasteiger partial charge in [-0.2, -0.15) is 0 Å². The van der Waals surface area contributed by atoms with E-state index >= 15 is 0 Å². The van der Waals surface area contributed by atoms with Gasteiger partial charge in [-0.15, -0.1) is 0 Å². The molecule has 0 radical (unpaired) electrons. The molecule has 98 valence electrons. The molecule has 0 aromatic heterocycles. The van der Waals surface area contributed by atoms with E-state index in [0.29, 0.717) is 0 Å². The van der Waals surface area contributed by atoms with Gasteiger partial charge in [0.25, 0.3) is 0 Å².